The van der Waals surface area contributed by atoms with Gasteiger partial charge in [-0.3, -0.25) is 0 Å². The maximum atomic E-state index is 14.0. The number of halogens is 2. The Kier molecular flexibility index (Phi) is 3.50. The molecule has 4 heteroatoms. The molecule has 1 aliphatic rings. The molecule has 2 aromatic rings. The van der Waals surface area contributed by atoms with E-state index in [4.69, 9.17) is 16.0 Å². The van der Waals surface area contributed by atoms with Gasteiger partial charge in [0.05, 0.1) is 11.6 Å². The van der Waals surface area contributed by atoms with Crippen LogP contribution in [0.5, 0.6) is 0 Å². The molecule has 0 atom stereocenters. The highest BCUT2D eigenvalue weighted by Gasteiger charge is 2.23. The first-order valence-electron chi connectivity index (χ1n) is 6.82. The molecule has 1 aromatic carbocycles. The van der Waals surface area contributed by atoms with Gasteiger partial charge in [-0.25, -0.2) is 4.39 Å². The Morgan fingerprint density at radius 1 is 1.42 bits per heavy atom. The van der Waals surface area contributed by atoms with Gasteiger partial charge in [0.2, 0.25) is 0 Å². The average molecular weight is 282 g/mol. The third-order valence-corrected chi connectivity index (χ3v) is 3.86. The molecule has 0 amide bonds. The van der Waals surface area contributed by atoms with Gasteiger partial charge in [-0.15, -0.1) is 0 Å². The normalized spacial score (nSPS) is 15.3. The molecule has 1 heterocycles. The molecule has 102 valence electrons. The van der Waals surface area contributed by atoms with E-state index in [-0.39, 0.29) is 5.02 Å². The van der Waals surface area contributed by atoms with Crippen LogP contribution in [-0.4, -0.2) is 6.04 Å². The number of rotatable bonds is 5. The van der Waals surface area contributed by atoms with E-state index in [9.17, 15) is 4.39 Å². The van der Waals surface area contributed by atoms with Crippen molar-refractivity contribution in [2.24, 2.45) is 0 Å². The summed E-state index contributed by atoms with van der Waals surface area (Å²) in [5.41, 5.74) is 1.41. The van der Waals surface area contributed by atoms with Crippen molar-refractivity contribution in [2.45, 2.75) is 45.2 Å². The minimum atomic E-state index is -0.450. The van der Waals surface area contributed by atoms with Gasteiger partial charge < -0.3 is 9.73 Å². The van der Waals surface area contributed by atoms with Gasteiger partial charge in [-0.1, -0.05) is 24.9 Å². The fourth-order valence-electron chi connectivity index (χ4n) is 2.40. The van der Waals surface area contributed by atoms with E-state index in [2.05, 4.69) is 12.2 Å². The lowest BCUT2D eigenvalue weighted by Crippen LogP contribution is -2.15. The lowest BCUT2D eigenvalue weighted by molar-refractivity contribution is 0.489. The van der Waals surface area contributed by atoms with Crippen LogP contribution >= 0.6 is 11.6 Å². The fraction of sp³-hybridized carbons (Fsp3) is 0.467. The zero-order chi connectivity index (χ0) is 13.4. The van der Waals surface area contributed by atoms with Crippen molar-refractivity contribution in [1.82, 2.24) is 5.32 Å². The van der Waals surface area contributed by atoms with Crippen molar-refractivity contribution in [2.75, 3.05) is 0 Å². The maximum absolute atomic E-state index is 14.0. The van der Waals surface area contributed by atoms with Crippen molar-refractivity contribution in [3.05, 3.63) is 34.3 Å². The lowest BCUT2D eigenvalue weighted by Gasteiger charge is -2.02. The number of furan rings is 1. The van der Waals surface area contributed by atoms with Crippen LogP contribution < -0.4 is 5.32 Å². The van der Waals surface area contributed by atoms with Crippen LogP contribution in [-0.2, 0) is 13.0 Å². The van der Waals surface area contributed by atoms with Crippen LogP contribution in [0.1, 0.15) is 37.5 Å². The SMILES string of the molecule is CCCc1c(CNC2CC2)oc2c(F)c(Cl)ccc12. The van der Waals surface area contributed by atoms with Crippen molar-refractivity contribution in [1.29, 1.82) is 0 Å². The Labute approximate surface area is 116 Å². The number of nitrogens with one attached hydrogen (secondary N) is 1. The van der Waals surface area contributed by atoms with Gasteiger partial charge in [0.1, 0.15) is 5.76 Å². The van der Waals surface area contributed by atoms with Gasteiger partial charge in [-0.05, 0) is 31.4 Å². The smallest absolute Gasteiger partial charge is 0.184 e. The van der Waals surface area contributed by atoms with Gasteiger partial charge in [0.15, 0.2) is 11.4 Å². The molecule has 0 saturated heterocycles. The van der Waals surface area contributed by atoms with Gasteiger partial charge in [0, 0.05) is 17.0 Å². The third-order valence-electron chi connectivity index (χ3n) is 3.57. The second-order valence-corrected chi connectivity index (χ2v) is 5.55. The number of benzene rings is 1. The molecule has 0 bridgehead atoms. The molecule has 1 saturated carbocycles. The average Bonchev–Trinajstić information content (AvgIpc) is 3.16. The molecule has 0 spiro atoms. The summed E-state index contributed by atoms with van der Waals surface area (Å²) in [6.07, 6.45) is 4.36. The highest BCUT2D eigenvalue weighted by Crippen LogP contribution is 2.32. The predicted octanol–water partition coefficient (Wildman–Crippen LogP) is 4.43. The van der Waals surface area contributed by atoms with Crippen LogP contribution in [0, 0.1) is 5.82 Å². The summed E-state index contributed by atoms with van der Waals surface area (Å²) < 4.78 is 19.7. The van der Waals surface area contributed by atoms with E-state index in [1.807, 2.05) is 6.07 Å². The summed E-state index contributed by atoms with van der Waals surface area (Å²) in [6.45, 7) is 2.79. The number of hydrogen-bond donors (Lipinski definition) is 1. The summed E-state index contributed by atoms with van der Waals surface area (Å²) in [6, 6.07) is 4.07. The van der Waals surface area contributed by atoms with Crippen molar-refractivity contribution in [3.63, 3.8) is 0 Å². The quantitative estimate of drug-likeness (QED) is 0.877. The second kappa shape index (κ2) is 5.14. The summed E-state index contributed by atoms with van der Waals surface area (Å²) in [5, 5.41) is 4.39. The molecule has 1 aromatic heterocycles. The van der Waals surface area contributed by atoms with E-state index in [1.165, 1.54) is 12.8 Å². The zero-order valence-corrected chi connectivity index (χ0v) is 11.7. The third kappa shape index (κ3) is 2.49. The van der Waals surface area contributed by atoms with Crippen LogP contribution in [0.25, 0.3) is 11.0 Å². The first-order chi connectivity index (χ1) is 9.20. The van der Waals surface area contributed by atoms with Crippen LogP contribution in [0.4, 0.5) is 4.39 Å². The Hall–Kier alpha value is -1.06. The molecule has 1 fully saturated rings. The molecular weight excluding hydrogens is 265 g/mol. The zero-order valence-electron chi connectivity index (χ0n) is 10.9. The van der Waals surface area contributed by atoms with E-state index in [0.717, 1.165) is 29.6 Å². The van der Waals surface area contributed by atoms with E-state index in [0.29, 0.717) is 18.2 Å². The van der Waals surface area contributed by atoms with E-state index in [1.54, 1.807) is 6.07 Å². The molecule has 0 radical (unpaired) electrons. The monoisotopic (exact) mass is 281 g/mol. The highest BCUT2D eigenvalue weighted by molar-refractivity contribution is 6.31. The largest absolute Gasteiger partial charge is 0.456 e. The Balaban J connectivity index is 2.02. The number of hydrogen-bond acceptors (Lipinski definition) is 2. The topological polar surface area (TPSA) is 25.2 Å². The molecular formula is C15H17ClFNO. The van der Waals surface area contributed by atoms with E-state index >= 15 is 0 Å². The number of fused-ring (bicyclic) bond motifs is 1. The predicted molar refractivity (Wildman–Crippen MR) is 75.0 cm³/mol. The van der Waals surface area contributed by atoms with Gasteiger partial charge in [-0.2, -0.15) is 0 Å². The van der Waals surface area contributed by atoms with Crippen LogP contribution in [0.2, 0.25) is 5.02 Å². The molecule has 1 N–H and O–H groups in total. The molecule has 19 heavy (non-hydrogen) atoms. The Morgan fingerprint density at radius 2 is 2.21 bits per heavy atom. The minimum absolute atomic E-state index is 0.117. The Bertz CT molecular complexity index is 604. The fourth-order valence-corrected chi connectivity index (χ4v) is 2.54. The molecule has 3 rings (SSSR count). The van der Waals surface area contributed by atoms with Crippen molar-refractivity contribution >= 4 is 22.6 Å². The van der Waals surface area contributed by atoms with Crippen molar-refractivity contribution < 1.29 is 8.81 Å². The molecule has 0 unspecified atom stereocenters. The summed E-state index contributed by atoms with van der Waals surface area (Å²) in [5.74, 6) is 0.402. The first kappa shape index (κ1) is 12.9. The van der Waals surface area contributed by atoms with Gasteiger partial charge in [0.25, 0.3) is 0 Å². The summed E-state index contributed by atoms with van der Waals surface area (Å²) >= 11 is 5.81. The molecule has 2 nitrogen and oxygen atoms in total. The summed E-state index contributed by atoms with van der Waals surface area (Å²) in [4.78, 5) is 0. The van der Waals surface area contributed by atoms with Crippen LogP contribution in [0.3, 0.4) is 0 Å². The first-order valence-corrected chi connectivity index (χ1v) is 7.20. The van der Waals surface area contributed by atoms with Crippen molar-refractivity contribution in [3.8, 4) is 0 Å². The standard InChI is InChI=1S/C15H17ClFNO/c1-2-3-10-11-6-7-12(16)14(17)15(11)19-13(10)8-18-9-4-5-9/h6-7,9,18H,2-5,8H2,1H3. The summed E-state index contributed by atoms with van der Waals surface area (Å²) in [7, 11) is 0. The Morgan fingerprint density at radius 3 is 2.89 bits per heavy atom. The molecule has 1 aliphatic carbocycles. The van der Waals surface area contributed by atoms with E-state index < -0.39 is 5.82 Å². The lowest BCUT2D eigenvalue weighted by atomic mass is 10.1. The minimum Gasteiger partial charge on any atom is -0.456 e. The maximum Gasteiger partial charge on any atom is 0.184 e. The molecule has 0 aliphatic heterocycles. The number of aryl methyl sites for hydroxylation is 1. The highest BCUT2D eigenvalue weighted by atomic mass is 35.5. The van der Waals surface area contributed by atoms with Crippen LogP contribution in [0.15, 0.2) is 16.5 Å². The van der Waals surface area contributed by atoms with Gasteiger partial charge >= 0.3 is 0 Å². The second-order valence-electron chi connectivity index (χ2n) is 5.15.